The van der Waals surface area contributed by atoms with E-state index in [4.69, 9.17) is 13.9 Å². The van der Waals surface area contributed by atoms with Crippen LogP contribution in [0.3, 0.4) is 0 Å². The number of carbonyl (C=O) groups excluding carboxylic acids is 1. The first-order valence-electron chi connectivity index (χ1n) is 8.50. The van der Waals surface area contributed by atoms with E-state index < -0.39 is 0 Å². The number of fused-ring (bicyclic) bond motifs is 1. The molecule has 0 spiro atoms. The van der Waals surface area contributed by atoms with Crippen LogP contribution in [-0.4, -0.2) is 43.8 Å². The first-order valence-corrected chi connectivity index (χ1v) is 8.50. The van der Waals surface area contributed by atoms with Gasteiger partial charge in [-0.05, 0) is 36.4 Å². The van der Waals surface area contributed by atoms with Crippen LogP contribution < -0.4 is 14.4 Å². The van der Waals surface area contributed by atoms with Crippen LogP contribution >= 0.6 is 0 Å². The minimum Gasteiger partial charge on any atom is -0.465 e. The van der Waals surface area contributed by atoms with Gasteiger partial charge < -0.3 is 23.7 Å². The highest BCUT2D eigenvalue weighted by atomic mass is 16.7. The molecule has 0 radical (unpaired) electrons. The highest BCUT2D eigenvalue weighted by Gasteiger charge is 2.23. The lowest BCUT2D eigenvalue weighted by Crippen LogP contribution is -3.13. The molecule has 2 aliphatic rings. The van der Waals surface area contributed by atoms with Gasteiger partial charge in [-0.15, -0.1) is 0 Å². The number of nitrogens with one attached hydrogen (secondary N) is 1. The van der Waals surface area contributed by atoms with Crippen molar-refractivity contribution in [3.8, 4) is 11.5 Å². The van der Waals surface area contributed by atoms with Crippen LogP contribution in [0.1, 0.15) is 11.3 Å². The van der Waals surface area contributed by atoms with E-state index in [1.54, 1.807) is 18.4 Å². The van der Waals surface area contributed by atoms with E-state index >= 15 is 0 Å². The molecule has 25 heavy (non-hydrogen) atoms. The van der Waals surface area contributed by atoms with Crippen molar-refractivity contribution >= 4 is 12.0 Å². The van der Waals surface area contributed by atoms with Crippen LogP contribution in [0.4, 0.5) is 0 Å². The number of benzene rings is 1. The Bertz CT molecular complexity index is 762. The molecule has 6 heteroatoms. The molecule has 1 amide bonds. The average Bonchev–Trinajstić information content (AvgIpc) is 3.31. The van der Waals surface area contributed by atoms with Gasteiger partial charge in [0, 0.05) is 11.6 Å². The summed E-state index contributed by atoms with van der Waals surface area (Å²) in [5, 5.41) is 0. The molecule has 0 saturated carbocycles. The van der Waals surface area contributed by atoms with E-state index in [9.17, 15) is 4.79 Å². The van der Waals surface area contributed by atoms with Gasteiger partial charge >= 0.3 is 0 Å². The van der Waals surface area contributed by atoms with Crippen LogP contribution in [0.25, 0.3) is 6.08 Å². The molecule has 1 saturated heterocycles. The number of piperazine rings is 1. The molecule has 2 aromatic rings. The van der Waals surface area contributed by atoms with E-state index in [1.165, 1.54) is 10.5 Å². The van der Waals surface area contributed by atoms with Crippen molar-refractivity contribution in [2.75, 3.05) is 33.0 Å². The van der Waals surface area contributed by atoms with E-state index in [0.29, 0.717) is 12.6 Å². The fourth-order valence-electron chi connectivity index (χ4n) is 3.20. The second-order valence-electron chi connectivity index (χ2n) is 6.29. The Balaban J connectivity index is 1.29. The van der Waals surface area contributed by atoms with Crippen molar-refractivity contribution < 1.29 is 23.6 Å². The first kappa shape index (κ1) is 15.8. The summed E-state index contributed by atoms with van der Waals surface area (Å²) in [6.07, 6.45) is 4.90. The standard InChI is InChI=1S/C19H20N2O4/c22-19(6-4-16-2-1-11-23-16)21-9-7-20(8-10-21)13-15-3-5-17-18(12-15)25-14-24-17/h1-6,11-12H,7-10,13-14H2/p+1. The number of amides is 1. The number of ether oxygens (including phenoxy) is 2. The Kier molecular flexibility index (Phi) is 4.43. The van der Waals surface area contributed by atoms with Crippen molar-refractivity contribution in [2.45, 2.75) is 6.54 Å². The third kappa shape index (κ3) is 3.69. The number of carbonyl (C=O) groups is 1. The van der Waals surface area contributed by atoms with Crippen molar-refractivity contribution in [3.63, 3.8) is 0 Å². The van der Waals surface area contributed by atoms with E-state index in [0.717, 1.165) is 44.2 Å². The van der Waals surface area contributed by atoms with Crippen LogP contribution in [-0.2, 0) is 11.3 Å². The monoisotopic (exact) mass is 341 g/mol. The third-order valence-electron chi connectivity index (χ3n) is 4.61. The van der Waals surface area contributed by atoms with Gasteiger partial charge in [0.15, 0.2) is 11.5 Å². The molecule has 1 aromatic heterocycles. The summed E-state index contributed by atoms with van der Waals surface area (Å²) >= 11 is 0. The molecule has 0 atom stereocenters. The molecule has 3 heterocycles. The van der Waals surface area contributed by atoms with Crippen molar-refractivity contribution in [1.82, 2.24) is 4.90 Å². The van der Waals surface area contributed by atoms with Gasteiger partial charge in [0.05, 0.1) is 32.4 Å². The first-order chi connectivity index (χ1) is 12.3. The normalized spacial score (nSPS) is 17.4. The molecular formula is C19H21N2O4+. The van der Waals surface area contributed by atoms with Gasteiger partial charge in [0.25, 0.3) is 0 Å². The molecule has 1 aromatic carbocycles. The maximum atomic E-state index is 12.2. The van der Waals surface area contributed by atoms with Gasteiger partial charge in [-0.3, -0.25) is 4.79 Å². The minimum atomic E-state index is 0.0403. The second kappa shape index (κ2) is 7.03. The SMILES string of the molecule is O=C(C=Cc1ccco1)N1CC[NH+](Cc2ccc3c(c2)OCO3)CC1. The third-order valence-corrected chi connectivity index (χ3v) is 4.61. The van der Waals surface area contributed by atoms with Gasteiger partial charge in [-0.25, -0.2) is 0 Å². The number of hydrogen-bond acceptors (Lipinski definition) is 4. The van der Waals surface area contributed by atoms with Gasteiger partial charge in [0.2, 0.25) is 12.7 Å². The van der Waals surface area contributed by atoms with E-state index in [1.807, 2.05) is 23.1 Å². The predicted octanol–water partition coefficient (Wildman–Crippen LogP) is 0.949. The summed E-state index contributed by atoms with van der Waals surface area (Å²) in [6, 6.07) is 9.75. The summed E-state index contributed by atoms with van der Waals surface area (Å²) < 4.78 is 16.0. The number of furan rings is 1. The molecular weight excluding hydrogens is 320 g/mol. The minimum absolute atomic E-state index is 0.0403. The van der Waals surface area contributed by atoms with Crippen LogP contribution in [0.5, 0.6) is 11.5 Å². The number of rotatable bonds is 4. The Morgan fingerprint density at radius 3 is 2.80 bits per heavy atom. The molecule has 0 bridgehead atoms. The lowest BCUT2D eigenvalue weighted by molar-refractivity contribution is -0.917. The summed E-state index contributed by atoms with van der Waals surface area (Å²) in [7, 11) is 0. The van der Waals surface area contributed by atoms with E-state index in [-0.39, 0.29) is 5.91 Å². The fourth-order valence-corrected chi connectivity index (χ4v) is 3.20. The Labute approximate surface area is 146 Å². The predicted molar refractivity (Wildman–Crippen MR) is 91.3 cm³/mol. The van der Waals surface area contributed by atoms with Crippen LogP contribution in [0.2, 0.25) is 0 Å². The quantitative estimate of drug-likeness (QED) is 0.842. The van der Waals surface area contributed by atoms with Crippen molar-refractivity contribution in [1.29, 1.82) is 0 Å². The molecule has 6 nitrogen and oxygen atoms in total. The summed E-state index contributed by atoms with van der Waals surface area (Å²) in [6.45, 7) is 4.64. The molecule has 0 unspecified atom stereocenters. The lowest BCUT2D eigenvalue weighted by atomic mass is 10.1. The second-order valence-corrected chi connectivity index (χ2v) is 6.29. The van der Waals surface area contributed by atoms with Gasteiger partial charge in [-0.2, -0.15) is 0 Å². The lowest BCUT2D eigenvalue weighted by Gasteiger charge is -2.31. The average molecular weight is 341 g/mol. The zero-order chi connectivity index (χ0) is 17.1. The van der Waals surface area contributed by atoms with E-state index in [2.05, 4.69) is 12.1 Å². The molecule has 4 rings (SSSR count). The molecule has 0 aliphatic carbocycles. The van der Waals surface area contributed by atoms with Gasteiger partial charge in [-0.1, -0.05) is 0 Å². The molecule has 1 N–H and O–H groups in total. The summed E-state index contributed by atoms with van der Waals surface area (Å²) in [4.78, 5) is 15.6. The fraction of sp³-hybridized carbons (Fsp3) is 0.316. The molecule has 2 aliphatic heterocycles. The molecule has 130 valence electrons. The smallest absolute Gasteiger partial charge is 0.247 e. The van der Waals surface area contributed by atoms with Crippen LogP contribution in [0, 0.1) is 0 Å². The number of hydrogen-bond donors (Lipinski definition) is 1. The van der Waals surface area contributed by atoms with Crippen molar-refractivity contribution in [2.24, 2.45) is 0 Å². The largest absolute Gasteiger partial charge is 0.465 e. The highest BCUT2D eigenvalue weighted by Crippen LogP contribution is 2.32. The Hall–Kier alpha value is -2.73. The zero-order valence-electron chi connectivity index (χ0n) is 13.9. The zero-order valence-corrected chi connectivity index (χ0v) is 13.9. The summed E-state index contributed by atoms with van der Waals surface area (Å²) in [5.74, 6) is 2.38. The number of nitrogens with zero attached hydrogens (tertiary/aromatic N) is 1. The summed E-state index contributed by atoms with van der Waals surface area (Å²) in [5.41, 5.74) is 1.23. The Morgan fingerprint density at radius 2 is 2.00 bits per heavy atom. The molecule has 1 fully saturated rings. The topological polar surface area (TPSA) is 56.4 Å². The maximum Gasteiger partial charge on any atom is 0.247 e. The van der Waals surface area contributed by atoms with Gasteiger partial charge in [0.1, 0.15) is 12.3 Å². The van der Waals surface area contributed by atoms with Crippen molar-refractivity contribution in [3.05, 3.63) is 54.0 Å². The Morgan fingerprint density at radius 1 is 1.16 bits per heavy atom. The maximum absolute atomic E-state index is 12.2. The van der Waals surface area contributed by atoms with Crippen LogP contribution in [0.15, 0.2) is 47.1 Å². The number of quaternary nitrogens is 1. The highest BCUT2D eigenvalue weighted by molar-refractivity contribution is 5.91.